The number of aromatic carboxylic acids is 1. The van der Waals surface area contributed by atoms with Crippen LogP contribution in [-0.2, 0) is 4.79 Å². The third-order valence-electron chi connectivity index (χ3n) is 9.20. The maximum atomic E-state index is 14.6. The first-order valence-corrected chi connectivity index (χ1v) is 16.1. The van der Waals surface area contributed by atoms with Gasteiger partial charge in [0.2, 0.25) is 0 Å². The Kier molecular flexibility index (Phi) is 9.78. The van der Waals surface area contributed by atoms with Gasteiger partial charge in [-0.2, -0.15) is 0 Å². The van der Waals surface area contributed by atoms with E-state index in [1.54, 1.807) is 12.1 Å². The number of hydrogen-bond donors (Lipinski definition) is 1. The molecule has 2 aromatic rings. The van der Waals surface area contributed by atoms with Crippen LogP contribution >= 0.6 is 0 Å². The molecule has 43 heavy (non-hydrogen) atoms. The van der Waals surface area contributed by atoms with Crippen molar-refractivity contribution in [3.8, 4) is 5.75 Å². The standard InChI is InChI=1S/C37H52N2O4/c1-25(2)11-10-22-43-30-13-9-12-28(23-30)32-33(40)39(37(38-32)21-18-29(24-37)36(6,7)8)31(19-20-35(3,4)5)26-14-16-27(17-15-26)34(41)42/h9,12-17,23,25,29,31H,10-11,18-22,24H2,1-8H3,(H,41,42)/t29?,31-,37?/m1/s1. The SMILES string of the molecule is CC(C)CCCOc1cccc(C2=NC3(CCC(C(C)(C)C)C3)N([C@H](CCC(C)(C)C)c3ccc(C(=O)O)cc3)C2=O)c1. The quantitative estimate of drug-likeness (QED) is 0.266. The minimum Gasteiger partial charge on any atom is -0.494 e. The average Bonchev–Trinajstić information content (AvgIpc) is 3.48. The van der Waals surface area contributed by atoms with Gasteiger partial charge in [-0.25, -0.2) is 4.79 Å². The highest BCUT2D eigenvalue weighted by Gasteiger charge is 2.55. The maximum absolute atomic E-state index is 14.6. The first kappa shape index (κ1) is 32.8. The fraction of sp³-hybridized carbons (Fsp3) is 0.595. The van der Waals surface area contributed by atoms with Crippen molar-refractivity contribution >= 4 is 17.6 Å². The molecule has 2 aliphatic rings. The van der Waals surface area contributed by atoms with Gasteiger partial charge in [0.05, 0.1) is 18.2 Å². The van der Waals surface area contributed by atoms with Crippen LogP contribution in [0.5, 0.6) is 5.75 Å². The third kappa shape index (κ3) is 7.87. The van der Waals surface area contributed by atoms with E-state index < -0.39 is 11.6 Å². The Morgan fingerprint density at radius 2 is 1.77 bits per heavy atom. The minimum atomic E-state index is -0.952. The number of nitrogens with zero attached hydrogens (tertiary/aromatic N) is 2. The molecule has 234 valence electrons. The summed E-state index contributed by atoms with van der Waals surface area (Å²) in [6.45, 7) is 18.6. The van der Waals surface area contributed by atoms with Gasteiger partial charge in [0.1, 0.15) is 17.1 Å². The summed E-state index contributed by atoms with van der Waals surface area (Å²) in [5.74, 6) is 0.827. The Labute approximate surface area is 258 Å². The molecule has 1 N–H and O–H groups in total. The minimum absolute atomic E-state index is 0.0484. The van der Waals surface area contributed by atoms with Crippen molar-refractivity contribution in [2.24, 2.45) is 27.7 Å². The van der Waals surface area contributed by atoms with E-state index in [0.29, 0.717) is 24.2 Å². The zero-order chi connectivity index (χ0) is 31.6. The highest BCUT2D eigenvalue weighted by Crippen LogP contribution is 2.53. The van der Waals surface area contributed by atoms with Gasteiger partial charge in [-0.3, -0.25) is 9.79 Å². The predicted molar refractivity (Wildman–Crippen MR) is 174 cm³/mol. The molecule has 1 amide bonds. The Hall–Kier alpha value is -3.15. The Morgan fingerprint density at radius 3 is 2.35 bits per heavy atom. The molecule has 1 aliphatic heterocycles. The molecule has 3 atom stereocenters. The predicted octanol–water partition coefficient (Wildman–Crippen LogP) is 8.94. The van der Waals surface area contributed by atoms with Crippen LogP contribution in [0.4, 0.5) is 0 Å². The summed E-state index contributed by atoms with van der Waals surface area (Å²) in [7, 11) is 0. The lowest BCUT2D eigenvalue weighted by Crippen LogP contribution is -2.48. The van der Waals surface area contributed by atoms with E-state index in [-0.39, 0.29) is 28.3 Å². The van der Waals surface area contributed by atoms with Crippen LogP contribution in [0.15, 0.2) is 53.5 Å². The van der Waals surface area contributed by atoms with Gasteiger partial charge in [-0.05, 0) is 97.4 Å². The zero-order valence-electron chi connectivity index (χ0n) is 27.6. The average molecular weight is 589 g/mol. The second-order valence-electron chi connectivity index (χ2n) is 15.4. The molecular formula is C37H52N2O4. The number of amides is 1. The topological polar surface area (TPSA) is 79.2 Å². The van der Waals surface area contributed by atoms with Crippen molar-refractivity contribution in [3.05, 3.63) is 65.2 Å². The van der Waals surface area contributed by atoms with Crippen LogP contribution in [0.3, 0.4) is 0 Å². The number of ether oxygens (including phenoxy) is 1. The molecule has 0 aromatic heterocycles. The van der Waals surface area contributed by atoms with Gasteiger partial charge in [0.15, 0.2) is 0 Å². The van der Waals surface area contributed by atoms with Gasteiger partial charge in [0.25, 0.3) is 5.91 Å². The van der Waals surface area contributed by atoms with E-state index in [1.807, 2.05) is 36.4 Å². The molecule has 1 spiro atoms. The fourth-order valence-electron chi connectivity index (χ4n) is 6.57. The number of aliphatic imine (C=N–C) groups is 1. The first-order chi connectivity index (χ1) is 20.1. The second kappa shape index (κ2) is 12.8. The number of carbonyl (C=O) groups is 2. The number of carboxylic acids is 1. The normalized spacial score (nSPS) is 21.5. The molecule has 2 unspecified atom stereocenters. The van der Waals surface area contributed by atoms with E-state index in [9.17, 15) is 14.7 Å². The van der Waals surface area contributed by atoms with Crippen molar-refractivity contribution in [1.29, 1.82) is 0 Å². The van der Waals surface area contributed by atoms with Crippen LogP contribution in [-0.4, -0.2) is 39.9 Å². The summed E-state index contributed by atoms with van der Waals surface area (Å²) in [6.07, 6.45) is 6.42. The van der Waals surface area contributed by atoms with Crippen LogP contribution in [0.25, 0.3) is 0 Å². The Balaban J connectivity index is 1.74. The van der Waals surface area contributed by atoms with Crippen LogP contribution in [0, 0.1) is 22.7 Å². The van der Waals surface area contributed by atoms with Crippen molar-refractivity contribution in [2.45, 2.75) is 112 Å². The van der Waals surface area contributed by atoms with E-state index in [4.69, 9.17) is 9.73 Å². The highest BCUT2D eigenvalue weighted by molar-refractivity contribution is 6.46. The lowest BCUT2D eigenvalue weighted by molar-refractivity contribution is -0.131. The number of carboxylic acid groups (broad SMARTS) is 1. The number of hydrogen-bond acceptors (Lipinski definition) is 4. The van der Waals surface area contributed by atoms with Gasteiger partial charge in [-0.15, -0.1) is 0 Å². The molecular weight excluding hydrogens is 536 g/mol. The van der Waals surface area contributed by atoms with Crippen molar-refractivity contribution in [1.82, 2.24) is 4.90 Å². The highest BCUT2D eigenvalue weighted by atomic mass is 16.5. The molecule has 1 heterocycles. The molecule has 1 aliphatic carbocycles. The van der Waals surface area contributed by atoms with Crippen molar-refractivity contribution < 1.29 is 19.4 Å². The van der Waals surface area contributed by atoms with Crippen molar-refractivity contribution in [2.75, 3.05) is 6.61 Å². The fourth-order valence-corrected chi connectivity index (χ4v) is 6.57. The van der Waals surface area contributed by atoms with E-state index >= 15 is 0 Å². The van der Waals surface area contributed by atoms with Gasteiger partial charge in [-0.1, -0.05) is 79.7 Å². The lowest BCUT2D eigenvalue weighted by atomic mass is 9.79. The van der Waals surface area contributed by atoms with Gasteiger partial charge in [0, 0.05) is 5.56 Å². The summed E-state index contributed by atoms with van der Waals surface area (Å²) in [6, 6.07) is 14.7. The van der Waals surface area contributed by atoms with E-state index in [0.717, 1.165) is 61.8 Å². The third-order valence-corrected chi connectivity index (χ3v) is 9.20. The number of rotatable bonds is 11. The summed E-state index contributed by atoms with van der Waals surface area (Å²) in [4.78, 5) is 33.7. The van der Waals surface area contributed by atoms with Gasteiger partial charge < -0.3 is 14.7 Å². The monoisotopic (exact) mass is 588 g/mol. The molecule has 6 nitrogen and oxygen atoms in total. The van der Waals surface area contributed by atoms with Crippen LogP contribution in [0.2, 0.25) is 0 Å². The Morgan fingerprint density at radius 1 is 1.07 bits per heavy atom. The summed E-state index contributed by atoms with van der Waals surface area (Å²) in [5, 5.41) is 9.53. The molecule has 1 fully saturated rings. The molecule has 0 radical (unpaired) electrons. The smallest absolute Gasteiger partial charge is 0.335 e. The Bertz CT molecular complexity index is 1320. The van der Waals surface area contributed by atoms with E-state index in [1.165, 1.54) is 0 Å². The molecule has 1 saturated carbocycles. The molecule has 0 saturated heterocycles. The van der Waals surface area contributed by atoms with E-state index in [2.05, 4.69) is 60.3 Å². The lowest BCUT2D eigenvalue weighted by Gasteiger charge is -2.41. The molecule has 0 bridgehead atoms. The van der Waals surface area contributed by atoms with Gasteiger partial charge >= 0.3 is 5.97 Å². The second-order valence-corrected chi connectivity index (χ2v) is 15.4. The molecule has 4 rings (SSSR count). The largest absolute Gasteiger partial charge is 0.494 e. The van der Waals surface area contributed by atoms with Crippen LogP contribution < -0.4 is 4.74 Å². The zero-order valence-corrected chi connectivity index (χ0v) is 27.6. The first-order valence-electron chi connectivity index (χ1n) is 16.1. The summed E-state index contributed by atoms with van der Waals surface area (Å²) in [5.41, 5.74) is 2.05. The molecule has 6 heteroatoms. The molecule has 2 aromatic carbocycles. The van der Waals surface area contributed by atoms with Crippen molar-refractivity contribution in [3.63, 3.8) is 0 Å². The van der Waals surface area contributed by atoms with Crippen LogP contribution in [0.1, 0.15) is 128 Å². The summed E-state index contributed by atoms with van der Waals surface area (Å²) < 4.78 is 6.09. The maximum Gasteiger partial charge on any atom is 0.335 e. The number of carbonyl (C=O) groups excluding carboxylic acids is 1. The summed E-state index contributed by atoms with van der Waals surface area (Å²) >= 11 is 0. The number of benzene rings is 2.